The van der Waals surface area contributed by atoms with Gasteiger partial charge in [-0.15, -0.1) is 0 Å². The van der Waals surface area contributed by atoms with Crippen molar-refractivity contribution in [1.29, 1.82) is 0 Å². The van der Waals surface area contributed by atoms with Gasteiger partial charge >= 0.3 is 0 Å². The van der Waals surface area contributed by atoms with Crippen molar-refractivity contribution < 1.29 is 23.5 Å². The molecule has 182 valence electrons. The largest absolute Gasteiger partial charge is 0.413 e. The van der Waals surface area contributed by atoms with Crippen LogP contribution >= 0.6 is 0 Å². The second-order valence-electron chi connectivity index (χ2n) is 13.0. The van der Waals surface area contributed by atoms with Gasteiger partial charge in [0.2, 0.25) is 0 Å². The Balaban J connectivity index is 1.68. The maximum absolute atomic E-state index is 13.4. The van der Waals surface area contributed by atoms with Crippen molar-refractivity contribution in [2.75, 3.05) is 7.11 Å². The number of hydrogen-bond donors (Lipinski definition) is 0. The zero-order chi connectivity index (χ0) is 23.8. The number of ether oxygens (including phenoxy) is 2. The second-order valence-corrected chi connectivity index (χ2v) is 17.7. The molecule has 0 radical (unpaired) electrons. The van der Waals surface area contributed by atoms with Gasteiger partial charge in [-0.05, 0) is 81.3 Å². The van der Waals surface area contributed by atoms with Gasteiger partial charge in [0.15, 0.2) is 14.1 Å². The summed E-state index contributed by atoms with van der Waals surface area (Å²) in [6.45, 7) is 15.6. The van der Waals surface area contributed by atoms with E-state index in [9.17, 15) is 9.59 Å². The fourth-order valence-corrected chi connectivity index (χ4v) is 8.78. The van der Waals surface area contributed by atoms with Crippen LogP contribution in [-0.2, 0) is 23.5 Å². The highest BCUT2D eigenvalue weighted by Gasteiger charge is 2.76. The predicted octanol–water partition coefficient (Wildman–Crippen LogP) is 5.60. The molecule has 2 bridgehead atoms. The van der Waals surface area contributed by atoms with Gasteiger partial charge in [-0.2, -0.15) is 0 Å². The molecule has 4 aliphatic rings. The van der Waals surface area contributed by atoms with Crippen LogP contribution in [0.2, 0.25) is 18.1 Å². The third kappa shape index (κ3) is 3.26. The first-order chi connectivity index (χ1) is 14.7. The lowest BCUT2D eigenvalue weighted by Gasteiger charge is -2.62. The smallest absolute Gasteiger partial charge is 0.192 e. The van der Waals surface area contributed by atoms with Gasteiger partial charge in [0.25, 0.3) is 0 Å². The van der Waals surface area contributed by atoms with Gasteiger partial charge in [0.05, 0.1) is 6.10 Å². The average molecular weight is 465 g/mol. The SMILES string of the molecule is CO[C@]12CC[C@]3(C)[C@@H](O[Si](C)(C)C(C)(C)C)CC[C@H]3[C@@]13CC[C@](CCC(C)=O)(O3)C(=O)C2. The van der Waals surface area contributed by atoms with Crippen LogP contribution in [-0.4, -0.2) is 49.9 Å². The fraction of sp³-hybridized carbons (Fsp3) is 0.923. The van der Waals surface area contributed by atoms with Crippen LogP contribution < -0.4 is 0 Å². The summed E-state index contributed by atoms with van der Waals surface area (Å²) < 4.78 is 20.3. The van der Waals surface area contributed by atoms with Gasteiger partial charge < -0.3 is 18.7 Å². The molecular formula is C26H44O5Si. The van der Waals surface area contributed by atoms with E-state index >= 15 is 0 Å². The second kappa shape index (κ2) is 7.47. The molecule has 0 amide bonds. The van der Waals surface area contributed by atoms with E-state index in [0.29, 0.717) is 31.6 Å². The van der Waals surface area contributed by atoms with Crippen LogP contribution in [0.4, 0.5) is 0 Å². The molecule has 2 saturated carbocycles. The van der Waals surface area contributed by atoms with Crippen molar-refractivity contribution in [3.63, 3.8) is 0 Å². The number of carbonyl (C=O) groups excluding carboxylic acids is 2. The minimum absolute atomic E-state index is 0.0224. The average Bonchev–Trinajstić information content (AvgIpc) is 3.20. The quantitative estimate of drug-likeness (QED) is 0.479. The molecule has 0 aromatic carbocycles. The normalized spacial score (nSPS) is 43.8. The van der Waals surface area contributed by atoms with Crippen molar-refractivity contribution in [2.45, 2.75) is 133 Å². The molecule has 5 nitrogen and oxygen atoms in total. The summed E-state index contributed by atoms with van der Waals surface area (Å²) in [5, 5.41) is 0.174. The molecule has 6 atom stereocenters. The summed E-state index contributed by atoms with van der Waals surface area (Å²) in [6.07, 6.45) is 7.06. The third-order valence-electron chi connectivity index (χ3n) is 10.4. The molecule has 0 aromatic rings. The maximum Gasteiger partial charge on any atom is 0.192 e. The molecule has 6 heteroatoms. The highest BCUT2D eigenvalue weighted by Crippen LogP contribution is 2.69. The molecule has 0 N–H and O–H groups in total. The number of methoxy groups -OCH3 is 1. The molecule has 32 heavy (non-hydrogen) atoms. The highest BCUT2D eigenvalue weighted by atomic mass is 28.4. The van der Waals surface area contributed by atoms with Gasteiger partial charge in [-0.3, -0.25) is 4.79 Å². The van der Waals surface area contributed by atoms with Crippen LogP contribution in [0.25, 0.3) is 0 Å². The van der Waals surface area contributed by atoms with E-state index in [0.717, 1.165) is 32.1 Å². The minimum Gasteiger partial charge on any atom is -0.413 e. The summed E-state index contributed by atoms with van der Waals surface area (Å²) in [6, 6.07) is 0. The number of rotatable bonds is 6. The lowest BCUT2D eigenvalue weighted by atomic mass is 9.53. The van der Waals surface area contributed by atoms with E-state index in [-0.39, 0.29) is 28.1 Å². The number of fused-ring (bicyclic) bond motifs is 2. The van der Waals surface area contributed by atoms with Gasteiger partial charge in [0.1, 0.15) is 22.6 Å². The summed E-state index contributed by atoms with van der Waals surface area (Å²) in [4.78, 5) is 25.2. The minimum atomic E-state index is -1.90. The third-order valence-corrected chi connectivity index (χ3v) is 14.9. The van der Waals surface area contributed by atoms with Crippen molar-refractivity contribution in [2.24, 2.45) is 11.3 Å². The van der Waals surface area contributed by atoms with Crippen molar-refractivity contribution in [3.05, 3.63) is 0 Å². The van der Waals surface area contributed by atoms with Crippen LogP contribution in [0.3, 0.4) is 0 Å². The molecule has 2 heterocycles. The molecule has 4 rings (SSSR count). The van der Waals surface area contributed by atoms with E-state index < -0.39 is 25.1 Å². The van der Waals surface area contributed by atoms with Gasteiger partial charge in [-0.1, -0.05) is 27.7 Å². The molecule has 0 unspecified atom stereocenters. The molecule has 1 spiro atoms. The predicted molar refractivity (Wildman–Crippen MR) is 127 cm³/mol. The van der Waals surface area contributed by atoms with Crippen molar-refractivity contribution in [1.82, 2.24) is 0 Å². The van der Waals surface area contributed by atoms with Crippen LogP contribution in [0.1, 0.15) is 92.4 Å². The number of Topliss-reactive ketones (excluding diaryl/α,β-unsaturated/α-hetero) is 2. The number of ketones is 2. The Labute approximate surface area is 195 Å². The maximum atomic E-state index is 13.4. The first-order valence-corrected chi connectivity index (χ1v) is 15.5. The molecule has 0 aromatic heterocycles. The van der Waals surface area contributed by atoms with Gasteiger partial charge in [-0.25, -0.2) is 0 Å². The van der Waals surface area contributed by atoms with Gasteiger partial charge in [0, 0.05) is 20.0 Å². The molecule has 2 aliphatic heterocycles. The van der Waals surface area contributed by atoms with E-state index in [1.54, 1.807) is 14.0 Å². The molecule has 4 fully saturated rings. The molecule has 2 aliphatic carbocycles. The summed E-state index contributed by atoms with van der Waals surface area (Å²) in [5.41, 5.74) is -1.78. The lowest BCUT2D eigenvalue weighted by Crippen LogP contribution is -2.71. The summed E-state index contributed by atoms with van der Waals surface area (Å²) in [7, 11) is -0.138. The fourth-order valence-electron chi connectivity index (χ4n) is 7.33. The highest BCUT2D eigenvalue weighted by molar-refractivity contribution is 6.74. The van der Waals surface area contributed by atoms with E-state index in [1.807, 2.05) is 0 Å². The van der Waals surface area contributed by atoms with E-state index in [2.05, 4.69) is 40.8 Å². The Kier molecular flexibility index (Phi) is 5.73. The Morgan fingerprint density at radius 3 is 2.44 bits per heavy atom. The Bertz CT molecular complexity index is 803. The zero-order valence-electron chi connectivity index (χ0n) is 21.6. The Morgan fingerprint density at radius 1 is 1.16 bits per heavy atom. The van der Waals surface area contributed by atoms with Crippen molar-refractivity contribution >= 4 is 19.9 Å². The first kappa shape index (κ1) is 24.6. The number of hydrogen-bond acceptors (Lipinski definition) is 5. The zero-order valence-corrected chi connectivity index (χ0v) is 22.6. The summed E-state index contributed by atoms with van der Waals surface area (Å²) in [5.74, 6) is 0.577. The standard InChI is InChI=1S/C26H44O5Si/c1-18(27)11-12-24-14-16-26(31-24)19-9-10-21(30-32(7,8)22(2,3)4)23(19,5)13-15-25(26,29-6)17-20(24)28/h19,21H,9-17H2,1-8H3/t19-,21+,23+,24+,25+,26+/m1/s1. The van der Waals surface area contributed by atoms with Crippen LogP contribution in [0, 0.1) is 11.3 Å². The van der Waals surface area contributed by atoms with E-state index in [4.69, 9.17) is 13.9 Å². The Hall–Kier alpha value is -0.563. The Morgan fingerprint density at radius 2 is 1.84 bits per heavy atom. The lowest BCUT2D eigenvalue weighted by molar-refractivity contribution is -0.290. The first-order valence-electron chi connectivity index (χ1n) is 12.6. The molecular weight excluding hydrogens is 420 g/mol. The molecule has 2 saturated heterocycles. The van der Waals surface area contributed by atoms with E-state index in [1.165, 1.54) is 0 Å². The summed E-state index contributed by atoms with van der Waals surface area (Å²) >= 11 is 0. The van der Waals surface area contributed by atoms with Crippen LogP contribution in [0.5, 0.6) is 0 Å². The van der Waals surface area contributed by atoms with Crippen LogP contribution in [0.15, 0.2) is 0 Å². The topological polar surface area (TPSA) is 61.8 Å². The number of carbonyl (C=O) groups is 2. The van der Waals surface area contributed by atoms with Crippen molar-refractivity contribution in [3.8, 4) is 0 Å². The monoisotopic (exact) mass is 464 g/mol.